The zero-order valence-corrected chi connectivity index (χ0v) is 17.9. The number of H-pyrrole nitrogens is 1. The fourth-order valence-electron chi connectivity index (χ4n) is 3.89. The molecule has 1 aliphatic heterocycles. The van der Waals surface area contributed by atoms with Crippen LogP contribution in [0.15, 0.2) is 54.7 Å². The van der Waals surface area contributed by atoms with Gasteiger partial charge in [0.25, 0.3) is 0 Å². The van der Waals surface area contributed by atoms with Gasteiger partial charge in [-0.2, -0.15) is 0 Å². The molecule has 30 heavy (non-hydrogen) atoms. The zero-order valence-electron chi connectivity index (χ0n) is 17.9. The van der Waals surface area contributed by atoms with E-state index >= 15 is 0 Å². The summed E-state index contributed by atoms with van der Waals surface area (Å²) in [7, 11) is 0. The van der Waals surface area contributed by atoms with Crippen LogP contribution in [-0.4, -0.2) is 28.1 Å². The van der Waals surface area contributed by atoms with E-state index < -0.39 is 0 Å². The highest BCUT2D eigenvalue weighted by molar-refractivity contribution is 5.85. The van der Waals surface area contributed by atoms with Gasteiger partial charge in [-0.25, -0.2) is 9.97 Å². The monoisotopic (exact) mass is 398 g/mol. The summed E-state index contributed by atoms with van der Waals surface area (Å²) >= 11 is 0. The van der Waals surface area contributed by atoms with E-state index in [1.807, 2.05) is 6.20 Å². The van der Waals surface area contributed by atoms with Gasteiger partial charge in [-0.3, -0.25) is 0 Å². The number of hydrogen-bond acceptors (Lipinski definition) is 4. The summed E-state index contributed by atoms with van der Waals surface area (Å²) in [6.45, 7) is 10.1. The lowest BCUT2D eigenvalue weighted by molar-refractivity contribution is 0.315. The van der Waals surface area contributed by atoms with Crippen molar-refractivity contribution in [1.82, 2.24) is 15.0 Å². The molecule has 4 aromatic rings. The van der Waals surface area contributed by atoms with Crippen LogP contribution in [0.3, 0.4) is 0 Å². The summed E-state index contributed by atoms with van der Waals surface area (Å²) in [6.07, 6.45) is 1.90. The molecule has 5 heteroatoms. The van der Waals surface area contributed by atoms with Gasteiger partial charge in [-0.05, 0) is 53.8 Å². The number of aromatic nitrogens is 3. The Bertz CT molecular complexity index is 1220. The summed E-state index contributed by atoms with van der Waals surface area (Å²) in [5.74, 6) is 2.61. The molecule has 2 aromatic carbocycles. The molecule has 0 amide bonds. The van der Waals surface area contributed by atoms with Crippen LogP contribution in [0.2, 0.25) is 0 Å². The van der Waals surface area contributed by atoms with Crippen LogP contribution in [0.1, 0.15) is 31.9 Å². The minimum atomic E-state index is 0.0872. The van der Waals surface area contributed by atoms with Crippen LogP contribution >= 0.6 is 0 Å². The Morgan fingerprint density at radius 3 is 2.70 bits per heavy atom. The zero-order chi connectivity index (χ0) is 20.9. The number of nitrogens with one attached hydrogen (secondary N) is 1. The molecule has 3 heterocycles. The van der Waals surface area contributed by atoms with Gasteiger partial charge < -0.3 is 14.6 Å². The first-order valence-corrected chi connectivity index (χ1v) is 10.4. The molecule has 0 aliphatic carbocycles. The van der Waals surface area contributed by atoms with Gasteiger partial charge >= 0.3 is 0 Å². The van der Waals surface area contributed by atoms with Crippen LogP contribution in [0, 0.1) is 6.92 Å². The molecule has 2 aromatic heterocycles. The molecule has 1 aliphatic rings. The average molecular weight is 399 g/mol. The van der Waals surface area contributed by atoms with Crippen LogP contribution in [0.4, 0.5) is 11.5 Å². The Kier molecular flexibility index (Phi) is 4.28. The third-order valence-corrected chi connectivity index (χ3v) is 5.62. The Hall–Kier alpha value is -3.34. The van der Waals surface area contributed by atoms with Crippen molar-refractivity contribution in [2.24, 2.45) is 0 Å². The molecule has 0 saturated heterocycles. The second-order valence-corrected chi connectivity index (χ2v) is 8.92. The third kappa shape index (κ3) is 3.20. The maximum atomic E-state index is 6.13. The molecular weight excluding hydrogens is 372 g/mol. The van der Waals surface area contributed by atoms with Crippen molar-refractivity contribution < 1.29 is 4.74 Å². The number of pyridine rings is 1. The molecule has 152 valence electrons. The van der Waals surface area contributed by atoms with Gasteiger partial charge in [0.2, 0.25) is 0 Å². The van der Waals surface area contributed by atoms with E-state index in [0.29, 0.717) is 6.61 Å². The Morgan fingerprint density at radius 1 is 1.07 bits per heavy atom. The Morgan fingerprint density at radius 2 is 1.93 bits per heavy atom. The molecule has 0 spiro atoms. The van der Waals surface area contributed by atoms with E-state index in [2.05, 4.69) is 91.1 Å². The van der Waals surface area contributed by atoms with Crippen molar-refractivity contribution >= 4 is 22.5 Å². The quantitative estimate of drug-likeness (QED) is 0.466. The lowest BCUT2D eigenvalue weighted by Crippen LogP contribution is -2.29. The van der Waals surface area contributed by atoms with Crippen molar-refractivity contribution in [2.45, 2.75) is 33.1 Å². The van der Waals surface area contributed by atoms with Gasteiger partial charge in [0, 0.05) is 6.20 Å². The molecule has 5 nitrogen and oxygen atoms in total. The first kappa shape index (κ1) is 18.7. The predicted octanol–water partition coefficient (Wildman–Crippen LogP) is 5.76. The number of aryl methyl sites for hydroxylation is 1. The molecule has 0 saturated carbocycles. The van der Waals surface area contributed by atoms with Gasteiger partial charge in [-0.15, -0.1) is 0 Å². The number of rotatable bonds is 2. The topological polar surface area (TPSA) is 54.0 Å². The lowest BCUT2D eigenvalue weighted by atomic mass is 9.87. The van der Waals surface area contributed by atoms with Gasteiger partial charge in [0.15, 0.2) is 5.75 Å². The van der Waals surface area contributed by atoms with Gasteiger partial charge in [0.1, 0.15) is 18.2 Å². The number of para-hydroxylation sites is 1. The highest BCUT2D eigenvalue weighted by Crippen LogP contribution is 2.42. The summed E-state index contributed by atoms with van der Waals surface area (Å²) < 4.78 is 6.13. The molecule has 5 rings (SSSR count). The molecule has 1 N–H and O–H groups in total. The first-order valence-electron chi connectivity index (χ1n) is 10.4. The highest BCUT2D eigenvalue weighted by Gasteiger charge is 2.25. The summed E-state index contributed by atoms with van der Waals surface area (Å²) in [6, 6.07) is 16.8. The van der Waals surface area contributed by atoms with Crippen molar-refractivity contribution in [3.63, 3.8) is 0 Å². The number of ether oxygens (including phenoxy) is 1. The molecule has 0 atom stereocenters. The summed E-state index contributed by atoms with van der Waals surface area (Å²) in [4.78, 5) is 15.2. The fourth-order valence-corrected chi connectivity index (χ4v) is 3.89. The van der Waals surface area contributed by atoms with Crippen molar-refractivity contribution in [3.05, 3.63) is 65.9 Å². The minimum absolute atomic E-state index is 0.0872. The van der Waals surface area contributed by atoms with Crippen LogP contribution in [0.5, 0.6) is 5.75 Å². The second-order valence-electron chi connectivity index (χ2n) is 8.92. The van der Waals surface area contributed by atoms with E-state index in [1.165, 1.54) is 5.56 Å². The smallest absolute Gasteiger partial charge is 0.154 e. The van der Waals surface area contributed by atoms with E-state index in [-0.39, 0.29) is 5.41 Å². The summed E-state index contributed by atoms with van der Waals surface area (Å²) in [5.41, 5.74) is 6.51. The van der Waals surface area contributed by atoms with Crippen LogP contribution in [-0.2, 0) is 5.41 Å². The molecule has 0 fully saturated rings. The normalized spacial score (nSPS) is 13.9. The van der Waals surface area contributed by atoms with E-state index in [9.17, 15) is 0 Å². The standard InChI is InChI=1S/C25H26N4O/c1-16-8-11-22(26-15-16)29-12-13-30-23-18(6-5-7-21(23)29)24-27-19-10-9-17(25(2,3)4)14-20(19)28-24/h5-11,14-15H,12-13H2,1-4H3,(H,27,28). The Labute approximate surface area is 176 Å². The SMILES string of the molecule is Cc1ccc(N2CCOc3c(-c4nc5cc(C(C)(C)C)ccc5[nH]4)cccc32)nc1. The maximum Gasteiger partial charge on any atom is 0.154 e. The van der Waals surface area contributed by atoms with Crippen LogP contribution in [0.25, 0.3) is 22.4 Å². The highest BCUT2D eigenvalue weighted by atomic mass is 16.5. The van der Waals surface area contributed by atoms with E-state index in [4.69, 9.17) is 9.72 Å². The van der Waals surface area contributed by atoms with Crippen molar-refractivity contribution in [2.75, 3.05) is 18.1 Å². The molecule has 0 bridgehead atoms. The third-order valence-electron chi connectivity index (χ3n) is 5.62. The van der Waals surface area contributed by atoms with Crippen molar-refractivity contribution in [1.29, 1.82) is 0 Å². The summed E-state index contributed by atoms with van der Waals surface area (Å²) in [5, 5.41) is 0. The predicted molar refractivity (Wildman–Crippen MR) is 122 cm³/mol. The number of hydrogen-bond donors (Lipinski definition) is 1. The number of fused-ring (bicyclic) bond motifs is 2. The lowest BCUT2D eigenvalue weighted by Gasteiger charge is -2.31. The molecule has 0 radical (unpaired) electrons. The minimum Gasteiger partial charge on any atom is -0.489 e. The molecular formula is C25H26N4O. The largest absolute Gasteiger partial charge is 0.489 e. The average Bonchev–Trinajstić information content (AvgIpc) is 3.16. The van der Waals surface area contributed by atoms with E-state index in [0.717, 1.165) is 51.8 Å². The van der Waals surface area contributed by atoms with Gasteiger partial charge in [0.05, 0.1) is 28.8 Å². The first-order chi connectivity index (χ1) is 14.4. The van der Waals surface area contributed by atoms with Gasteiger partial charge in [-0.1, -0.05) is 39.0 Å². The number of anilines is 2. The number of imidazole rings is 1. The Balaban J connectivity index is 1.59. The number of benzene rings is 2. The number of nitrogens with zero attached hydrogens (tertiary/aromatic N) is 3. The van der Waals surface area contributed by atoms with E-state index in [1.54, 1.807) is 0 Å². The number of aromatic amines is 1. The second kappa shape index (κ2) is 6.87. The fraction of sp³-hybridized carbons (Fsp3) is 0.280. The maximum absolute atomic E-state index is 6.13. The molecule has 0 unspecified atom stereocenters. The van der Waals surface area contributed by atoms with Crippen LogP contribution < -0.4 is 9.64 Å². The van der Waals surface area contributed by atoms with Crippen molar-refractivity contribution in [3.8, 4) is 17.1 Å².